The van der Waals surface area contributed by atoms with Gasteiger partial charge in [-0.3, -0.25) is 4.90 Å². The van der Waals surface area contributed by atoms with Crippen molar-refractivity contribution in [2.75, 3.05) is 51.3 Å². The molecule has 1 amide bonds. The lowest BCUT2D eigenvalue weighted by atomic mass is 10.1. The number of benzene rings is 1. The van der Waals surface area contributed by atoms with Crippen LogP contribution >= 0.6 is 0 Å². The normalized spacial score (nSPS) is 17.0. The highest BCUT2D eigenvalue weighted by Gasteiger charge is 2.38. The minimum Gasteiger partial charge on any atom is -0.497 e. The van der Waals surface area contributed by atoms with Gasteiger partial charge >= 0.3 is 18.2 Å². The van der Waals surface area contributed by atoms with Crippen LogP contribution in [0.25, 0.3) is 0 Å². The van der Waals surface area contributed by atoms with Crippen LogP contribution in [-0.2, 0) is 16.1 Å². The number of amides is 1. The molecule has 0 aromatic heterocycles. The van der Waals surface area contributed by atoms with E-state index in [-0.39, 0.29) is 6.09 Å². The molecule has 2 aliphatic rings. The summed E-state index contributed by atoms with van der Waals surface area (Å²) in [6, 6.07) is 5.78. The summed E-state index contributed by atoms with van der Waals surface area (Å²) in [5, 5.41) is 10.5. The summed E-state index contributed by atoms with van der Waals surface area (Å²) >= 11 is 0. The molecule has 29 heavy (non-hydrogen) atoms. The highest BCUT2D eigenvalue weighted by Crippen LogP contribution is 2.31. The van der Waals surface area contributed by atoms with Crippen molar-refractivity contribution >= 4 is 17.7 Å². The lowest BCUT2D eigenvalue weighted by Crippen LogP contribution is -2.45. The van der Waals surface area contributed by atoms with E-state index in [2.05, 4.69) is 10.2 Å². The topological polar surface area (TPSA) is 91.3 Å². The summed E-state index contributed by atoms with van der Waals surface area (Å²) in [6.07, 6.45) is -4.41. The summed E-state index contributed by atoms with van der Waals surface area (Å²) in [6.45, 7) is 6.27. The molecule has 0 atom stereocenters. The van der Waals surface area contributed by atoms with Crippen LogP contribution in [0.15, 0.2) is 18.2 Å². The second-order valence-corrected chi connectivity index (χ2v) is 6.45. The van der Waals surface area contributed by atoms with E-state index in [0.29, 0.717) is 13.2 Å². The lowest BCUT2D eigenvalue weighted by Gasteiger charge is -2.31. The van der Waals surface area contributed by atoms with Gasteiger partial charge < -0.3 is 24.8 Å². The molecular weight excluding hydrogens is 395 g/mol. The van der Waals surface area contributed by atoms with Gasteiger partial charge in [0, 0.05) is 44.4 Å². The number of nitrogens with zero attached hydrogens (tertiary/aromatic N) is 2. The van der Waals surface area contributed by atoms with E-state index in [1.807, 2.05) is 18.2 Å². The zero-order valence-corrected chi connectivity index (χ0v) is 16.0. The summed E-state index contributed by atoms with van der Waals surface area (Å²) in [5.74, 6) is -1.99. The number of carbonyl (C=O) groups excluding carboxylic acids is 1. The molecule has 0 aliphatic carbocycles. The third kappa shape index (κ3) is 6.79. The number of fused-ring (bicyclic) bond motifs is 1. The average molecular weight is 419 g/mol. The van der Waals surface area contributed by atoms with Crippen molar-refractivity contribution in [3.63, 3.8) is 0 Å². The van der Waals surface area contributed by atoms with E-state index < -0.39 is 12.1 Å². The number of methoxy groups -OCH3 is 1. The first-order valence-corrected chi connectivity index (χ1v) is 9.06. The number of aliphatic carboxylic acids is 1. The maximum absolute atomic E-state index is 12.1. The molecule has 0 radical (unpaired) electrons. The van der Waals surface area contributed by atoms with Crippen molar-refractivity contribution < 1.29 is 37.3 Å². The van der Waals surface area contributed by atoms with Crippen molar-refractivity contribution in [3.05, 3.63) is 23.8 Å². The smallest absolute Gasteiger partial charge is 0.490 e. The molecule has 8 nitrogen and oxygen atoms in total. The van der Waals surface area contributed by atoms with Gasteiger partial charge in [0.1, 0.15) is 12.4 Å². The molecule has 1 saturated heterocycles. The number of halogens is 3. The van der Waals surface area contributed by atoms with Crippen LogP contribution in [0.1, 0.15) is 12.0 Å². The first-order valence-electron chi connectivity index (χ1n) is 9.06. The minimum atomic E-state index is -5.08. The van der Waals surface area contributed by atoms with Crippen molar-refractivity contribution in [2.45, 2.75) is 19.2 Å². The predicted molar refractivity (Wildman–Crippen MR) is 98.1 cm³/mol. The van der Waals surface area contributed by atoms with Crippen LogP contribution in [0.4, 0.5) is 23.7 Å². The molecule has 2 heterocycles. The molecule has 11 heteroatoms. The third-order valence-electron chi connectivity index (χ3n) is 4.46. The lowest BCUT2D eigenvalue weighted by molar-refractivity contribution is -0.192. The van der Waals surface area contributed by atoms with E-state index in [9.17, 15) is 18.0 Å². The molecular formula is C18H24F3N3O5. The Morgan fingerprint density at radius 3 is 2.52 bits per heavy atom. The van der Waals surface area contributed by atoms with E-state index in [0.717, 1.165) is 56.1 Å². The van der Waals surface area contributed by atoms with Gasteiger partial charge in [-0.25, -0.2) is 9.59 Å². The van der Waals surface area contributed by atoms with Crippen LogP contribution in [0, 0.1) is 0 Å². The Hall–Kier alpha value is -2.53. The Morgan fingerprint density at radius 2 is 1.93 bits per heavy atom. The van der Waals surface area contributed by atoms with Crippen molar-refractivity contribution in [1.82, 2.24) is 10.2 Å². The van der Waals surface area contributed by atoms with Crippen LogP contribution in [0.2, 0.25) is 0 Å². The van der Waals surface area contributed by atoms with Crippen LogP contribution in [0.5, 0.6) is 5.75 Å². The summed E-state index contributed by atoms with van der Waals surface area (Å²) in [4.78, 5) is 25.1. The Morgan fingerprint density at radius 1 is 1.28 bits per heavy atom. The summed E-state index contributed by atoms with van der Waals surface area (Å²) < 4.78 is 42.3. The van der Waals surface area contributed by atoms with E-state index in [4.69, 9.17) is 19.4 Å². The van der Waals surface area contributed by atoms with Crippen LogP contribution in [-0.4, -0.2) is 74.6 Å². The Bertz CT molecular complexity index is 708. The molecule has 2 aliphatic heterocycles. The zero-order chi connectivity index (χ0) is 21.4. The summed E-state index contributed by atoms with van der Waals surface area (Å²) in [7, 11) is 1.64. The van der Waals surface area contributed by atoms with Crippen molar-refractivity contribution in [1.29, 1.82) is 0 Å². The van der Waals surface area contributed by atoms with E-state index >= 15 is 0 Å². The van der Waals surface area contributed by atoms with Gasteiger partial charge in [-0.15, -0.1) is 0 Å². The van der Waals surface area contributed by atoms with Crippen LogP contribution in [0.3, 0.4) is 0 Å². The number of carboxylic acid groups (broad SMARTS) is 1. The average Bonchev–Trinajstić information content (AvgIpc) is 2.70. The Balaban J connectivity index is 0.000000370. The number of alkyl halides is 3. The number of anilines is 1. The number of hydrogen-bond acceptors (Lipinski definition) is 6. The number of carboxylic acids is 1. The number of nitrogens with one attached hydrogen (secondary N) is 1. The molecule has 0 bridgehead atoms. The van der Waals surface area contributed by atoms with Crippen LogP contribution < -0.4 is 15.0 Å². The summed E-state index contributed by atoms with van der Waals surface area (Å²) in [5.41, 5.74) is 1.94. The SMILES string of the molecule is COc1ccc2c(c1)N(CCCN1CCNCC1)C(=O)OC2.O=C(O)C(F)(F)F. The molecule has 0 spiro atoms. The fourth-order valence-corrected chi connectivity index (χ4v) is 2.96. The van der Waals surface area contributed by atoms with E-state index in [1.165, 1.54) is 0 Å². The molecule has 3 rings (SSSR count). The van der Waals surface area contributed by atoms with Gasteiger partial charge in [0.2, 0.25) is 0 Å². The number of piperazine rings is 1. The quantitative estimate of drug-likeness (QED) is 0.755. The van der Waals surface area contributed by atoms with Gasteiger partial charge in [-0.2, -0.15) is 13.2 Å². The van der Waals surface area contributed by atoms with Gasteiger partial charge in [0.05, 0.1) is 12.8 Å². The molecule has 0 saturated carbocycles. The number of ether oxygens (including phenoxy) is 2. The largest absolute Gasteiger partial charge is 0.497 e. The molecule has 0 unspecified atom stereocenters. The first-order chi connectivity index (χ1) is 13.7. The highest BCUT2D eigenvalue weighted by molar-refractivity contribution is 5.90. The monoisotopic (exact) mass is 419 g/mol. The fraction of sp³-hybridized carbons (Fsp3) is 0.556. The van der Waals surface area contributed by atoms with Crippen molar-refractivity contribution in [2.24, 2.45) is 0 Å². The highest BCUT2D eigenvalue weighted by atomic mass is 19.4. The fourth-order valence-electron chi connectivity index (χ4n) is 2.96. The number of carbonyl (C=O) groups is 2. The standard InChI is InChI=1S/C16H23N3O3.C2HF3O2/c1-21-14-4-3-13-12-22-16(20)19(15(13)11-14)8-2-7-18-9-5-17-6-10-18;3-2(4,5)1(6)7/h3-4,11,17H,2,5-10,12H2,1H3;(H,6,7). The third-order valence-corrected chi connectivity index (χ3v) is 4.46. The van der Waals surface area contributed by atoms with Gasteiger partial charge in [-0.05, 0) is 25.1 Å². The van der Waals surface area contributed by atoms with Gasteiger partial charge in [-0.1, -0.05) is 0 Å². The van der Waals surface area contributed by atoms with E-state index in [1.54, 1.807) is 12.0 Å². The van der Waals surface area contributed by atoms with Gasteiger partial charge in [0.25, 0.3) is 0 Å². The molecule has 1 aromatic rings. The minimum absolute atomic E-state index is 0.263. The second kappa shape index (κ2) is 10.3. The maximum Gasteiger partial charge on any atom is 0.490 e. The zero-order valence-electron chi connectivity index (χ0n) is 16.0. The maximum atomic E-state index is 12.1. The molecule has 1 fully saturated rings. The van der Waals surface area contributed by atoms with Crippen molar-refractivity contribution in [3.8, 4) is 5.75 Å². The first kappa shape index (κ1) is 22.8. The molecule has 162 valence electrons. The Kier molecular flexibility index (Phi) is 8.09. The number of rotatable bonds is 5. The number of hydrogen-bond donors (Lipinski definition) is 2. The second-order valence-electron chi connectivity index (χ2n) is 6.45. The molecule has 2 N–H and O–H groups in total. The van der Waals surface area contributed by atoms with Gasteiger partial charge in [0.15, 0.2) is 0 Å². The number of cyclic esters (lactones) is 1. The molecule has 1 aromatic carbocycles. The Labute approximate surface area is 166 Å². The predicted octanol–water partition coefficient (Wildman–Crippen LogP) is 2.08.